The Kier molecular flexibility index (Phi) is 5.68. The van der Waals surface area contributed by atoms with Crippen LogP contribution in [-0.4, -0.2) is 63.7 Å². The lowest BCUT2D eigenvalue weighted by Gasteiger charge is -2.26. The highest BCUT2D eigenvalue weighted by Crippen LogP contribution is 2.17. The lowest BCUT2D eigenvalue weighted by molar-refractivity contribution is 0.0978. The number of nitrogens with two attached hydrogens (primary N) is 1. The first-order valence-electron chi connectivity index (χ1n) is 5.81. The lowest BCUT2D eigenvalue weighted by Crippen LogP contribution is -2.38. The maximum absolute atomic E-state index is 11.4. The molecule has 16 heavy (non-hydrogen) atoms. The molecule has 2 N–H and O–H groups in total. The van der Waals surface area contributed by atoms with Gasteiger partial charge in [0.15, 0.2) is 9.84 Å². The predicted molar refractivity (Wildman–Crippen MR) is 64.2 cm³/mol. The zero-order valence-electron chi connectivity index (χ0n) is 9.89. The summed E-state index contributed by atoms with van der Waals surface area (Å²) >= 11 is 0. The van der Waals surface area contributed by atoms with Crippen molar-refractivity contribution in [2.45, 2.75) is 19.4 Å². The molecule has 1 heterocycles. The second kappa shape index (κ2) is 6.54. The van der Waals surface area contributed by atoms with Gasteiger partial charge in [-0.15, -0.1) is 0 Å². The van der Waals surface area contributed by atoms with E-state index in [2.05, 4.69) is 4.90 Å². The largest absolute Gasteiger partial charge is 0.379 e. The number of rotatable bonds is 7. The molecule has 5 nitrogen and oxygen atoms in total. The Morgan fingerprint density at radius 3 is 2.69 bits per heavy atom. The van der Waals surface area contributed by atoms with Crippen LogP contribution in [0.2, 0.25) is 0 Å². The highest BCUT2D eigenvalue weighted by molar-refractivity contribution is 7.91. The molecule has 0 aliphatic carbocycles. The van der Waals surface area contributed by atoms with Crippen molar-refractivity contribution in [1.82, 2.24) is 4.90 Å². The zero-order valence-corrected chi connectivity index (χ0v) is 10.7. The Bertz CT molecular complexity index is 292. The minimum absolute atomic E-state index is 0.177. The average molecular weight is 250 g/mol. The van der Waals surface area contributed by atoms with E-state index in [4.69, 9.17) is 10.5 Å². The van der Waals surface area contributed by atoms with Gasteiger partial charge in [-0.3, -0.25) is 4.90 Å². The van der Waals surface area contributed by atoms with Gasteiger partial charge < -0.3 is 10.5 Å². The smallest absolute Gasteiger partial charge is 0.151 e. The molecule has 0 spiro atoms. The molecule has 1 rings (SSSR count). The highest BCUT2D eigenvalue weighted by Gasteiger charge is 2.31. The van der Waals surface area contributed by atoms with Gasteiger partial charge in [-0.1, -0.05) is 6.92 Å². The van der Waals surface area contributed by atoms with Gasteiger partial charge in [-0.2, -0.15) is 0 Å². The SMILES string of the molecule is CCN(CCOCCN)C1CCS(=O)(=O)C1. The molecule has 0 amide bonds. The molecule has 0 aromatic heterocycles. The number of sulfone groups is 1. The first kappa shape index (κ1) is 13.9. The fourth-order valence-electron chi connectivity index (χ4n) is 2.03. The van der Waals surface area contributed by atoms with E-state index in [-0.39, 0.29) is 6.04 Å². The van der Waals surface area contributed by atoms with E-state index in [1.807, 2.05) is 6.92 Å². The quantitative estimate of drug-likeness (QED) is 0.615. The van der Waals surface area contributed by atoms with E-state index >= 15 is 0 Å². The average Bonchev–Trinajstić information content (AvgIpc) is 2.59. The molecule has 0 bridgehead atoms. The number of hydrogen-bond acceptors (Lipinski definition) is 5. The van der Waals surface area contributed by atoms with Gasteiger partial charge in [0.2, 0.25) is 0 Å². The van der Waals surface area contributed by atoms with E-state index < -0.39 is 9.84 Å². The molecule has 0 aromatic carbocycles. The lowest BCUT2D eigenvalue weighted by atomic mass is 10.2. The van der Waals surface area contributed by atoms with Gasteiger partial charge in [0.1, 0.15) is 0 Å². The van der Waals surface area contributed by atoms with Crippen molar-refractivity contribution in [2.75, 3.05) is 44.4 Å². The van der Waals surface area contributed by atoms with Gasteiger partial charge in [0, 0.05) is 19.1 Å². The molecule has 96 valence electrons. The molecule has 0 radical (unpaired) electrons. The van der Waals surface area contributed by atoms with Crippen LogP contribution in [0.15, 0.2) is 0 Å². The highest BCUT2D eigenvalue weighted by atomic mass is 32.2. The fraction of sp³-hybridized carbons (Fsp3) is 1.00. The second-order valence-electron chi connectivity index (χ2n) is 4.09. The van der Waals surface area contributed by atoms with Crippen molar-refractivity contribution >= 4 is 9.84 Å². The number of hydrogen-bond donors (Lipinski definition) is 1. The summed E-state index contributed by atoms with van der Waals surface area (Å²) in [6.45, 7) is 5.43. The minimum Gasteiger partial charge on any atom is -0.379 e. The van der Waals surface area contributed by atoms with Crippen LogP contribution in [0.1, 0.15) is 13.3 Å². The third kappa shape index (κ3) is 4.37. The molecule has 1 fully saturated rings. The van der Waals surface area contributed by atoms with E-state index in [1.165, 1.54) is 0 Å². The summed E-state index contributed by atoms with van der Waals surface area (Å²) in [7, 11) is -2.79. The van der Waals surface area contributed by atoms with Crippen LogP contribution in [0.4, 0.5) is 0 Å². The van der Waals surface area contributed by atoms with E-state index in [0.717, 1.165) is 19.5 Å². The van der Waals surface area contributed by atoms with Crippen molar-refractivity contribution in [2.24, 2.45) is 5.73 Å². The molecular formula is C10H22N2O3S. The first-order valence-corrected chi connectivity index (χ1v) is 7.63. The molecule has 1 saturated heterocycles. The minimum atomic E-state index is -2.79. The fourth-order valence-corrected chi connectivity index (χ4v) is 3.79. The van der Waals surface area contributed by atoms with Crippen LogP contribution in [0, 0.1) is 0 Å². The van der Waals surface area contributed by atoms with E-state index in [0.29, 0.717) is 31.3 Å². The van der Waals surface area contributed by atoms with Gasteiger partial charge in [0.25, 0.3) is 0 Å². The normalized spacial score (nSPS) is 24.1. The Morgan fingerprint density at radius 1 is 1.44 bits per heavy atom. The summed E-state index contributed by atoms with van der Waals surface area (Å²) in [6, 6.07) is 0.177. The monoisotopic (exact) mass is 250 g/mol. The van der Waals surface area contributed by atoms with Gasteiger partial charge in [-0.05, 0) is 13.0 Å². The maximum atomic E-state index is 11.4. The third-order valence-electron chi connectivity index (χ3n) is 2.92. The molecular weight excluding hydrogens is 228 g/mol. The van der Waals surface area contributed by atoms with Crippen LogP contribution in [-0.2, 0) is 14.6 Å². The third-order valence-corrected chi connectivity index (χ3v) is 4.67. The van der Waals surface area contributed by atoms with Gasteiger partial charge in [-0.25, -0.2) is 8.42 Å². The zero-order chi connectivity index (χ0) is 12.0. The summed E-state index contributed by atoms with van der Waals surface area (Å²) in [6.07, 6.45) is 0.757. The Hall–Kier alpha value is -0.170. The maximum Gasteiger partial charge on any atom is 0.151 e. The molecule has 1 atom stereocenters. The molecule has 0 saturated carbocycles. The number of nitrogens with zero attached hydrogens (tertiary/aromatic N) is 1. The predicted octanol–water partition coefficient (Wildman–Crippen LogP) is -0.529. The summed E-state index contributed by atoms with van der Waals surface area (Å²) in [5, 5.41) is 0. The molecule has 1 aliphatic rings. The van der Waals surface area contributed by atoms with Crippen molar-refractivity contribution in [3.8, 4) is 0 Å². The standard InChI is InChI=1S/C10H22N2O3S/c1-2-12(5-7-15-6-4-11)10-3-8-16(13,14)9-10/h10H,2-9,11H2,1H3. The molecule has 1 aliphatic heterocycles. The summed E-state index contributed by atoms with van der Waals surface area (Å²) in [5.41, 5.74) is 5.32. The van der Waals surface area contributed by atoms with Crippen LogP contribution < -0.4 is 5.73 Å². The Labute approximate surface area is 97.9 Å². The van der Waals surface area contributed by atoms with Crippen molar-refractivity contribution in [3.63, 3.8) is 0 Å². The summed E-state index contributed by atoms with van der Waals surface area (Å²) in [4.78, 5) is 2.18. The first-order chi connectivity index (χ1) is 7.59. The number of ether oxygens (including phenoxy) is 1. The van der Waals surface area contributed by atoms with Crippen molar-refractivity contribution in [1.29, 1.82) is 0 Å². The summed E-state index contributed by atoms with van der Waals surface area (Å²) < 4.78 is 28.0. The van der Waals surface area contributed by atoms with E-state index in [9.17, 15) is 8.42 Å². The second-order valence-corrected chi connectivity index (χ2v) is 6.32. The number of likely N-dealkylation sites (N-methyl/N-ethyl adjacent to an activating group) is 1. The Morgan fingerprint density at radius 2 is 2.19 bits per heavy atom. The van der Waals surface area contributed by atoms with Crippen LogP contribution in [0.5, 0.6) is 0 Å². The molecule has 1 unspecified atom stereocenters. The van der Waals surface area contributed by atoms with E-state index in [1.54, 1.807) is 0 Å². The van der Waals surface area contributed by atoms with Crippen LogP contribution in [0.3, 0.4) is 0 Å². The van der Waals surface area contributed by atoms with Crippen LogP contribution in [0.25, 0.3) is 0 Å². The molecule has 6 heteroatoms. The topological polar surface area (TPSA) is 72.6 Å². The molecule has 0 aromatic rings. The van der Waals surface area contributed by atoms with Crippen molar-refractivity contribution in [3.05, 3.63) is 0 Å². The van der Waals surface area contributed by atoms with Crippen molar-refractivity contribution < 1.29 is 13.2 Å². The summed E-state index contributed by atoms with van der Waals surface area (Å²) in [5.74, 6) is 0.634. The Balaban J connectivity index is 2.31. The van der Waals surface area contributed by atoms with Gasteiger partial charge >= 0.3 is 0 Å². The van der Waals surface area contributed by atoms with Gasteiger partial charge in [0.05, 0.1) is 24.7 Å². The van der Waals surface area contributed by atoms with Crippen LogP contribution >= 0.6 is 0 Å².